The minimum atomic E-state index is 0.191. The Hall–Kier alpha value is -0.120. The maximum Gasteiger partial charge on any atom is 0.0429 e. The number of aryl methyl sites for hydroxylation is 1. The summed E-state index contributed by atoms with van der Waals surface area (Å²) < 4.78 is 0.191. The number of alkyl halides is 1. The third-order valence-corrected chi connectivity index (χ3v) is 2.18. The lowest BCUT2D eigenvalue weighted by Crippen LogP contribution is -2.06. The van der Waals surface area contributed by atoms with E-state index >= 15 is 0 Å². The van der Waals surface area contributed by atoms with Crippen LogP contribution in [0.1, 0.15) is 25.0 Å². The molecule has 0 saturated heterocycles. The minimum absolute atomic E-state index is 0.191. The Balaban J connectivity index is 3.06. The molecule has 2 heteroatoms. The second kappa shape index (κ2) is 3.09. The first kappa shape index (κ1) is 8.97. The van der Waals surface area contributed by atoms with Gasteiger partial charge in [0.15, 0.2) is 0 Å². The fraction of sp³-hybridized carbons (Fsp3) is 0.444. The van der Waals surface area contributed by atoms with E-state index in [9.17, 15) is 0 Å². The quantitative estimate of drug-likeness (QED) is 0.559. The summed E-state index contributed by atoms with van der Waals surface area (Å²) in [4.78, 5) is 4.15. The molecular formula is C9H12IN. The number of aromatic nitrogens is 1. The summed E-state index contributed by atoms with van der Waals surface area (Å²) in [5, 5.41) is 0. The second-order valence-corrected chi connectivity index (χ2v) is 5.92. The molecule has 0 saturated carbocycles. The summed E-state index contributed by atoms with van der Waals surface area (Å²) in [5.74, 6) is 0. The fourth-order valence-corrected chi connectivity index (χ4v) is 1.18. The van der Waals surface area contributed by atoms with E-state index in [0.717, 1.165) is 0 Å². The van der Waals surface area contributed by atoms with Gasteiger partial charge < -0.3 is 0 Å². The van der Waals surface area contributed by atoms with Crippen LogP contribution in [0.25, 0.3) is 0 Å². The third kappa shape index (κ3) is 2.43. The van der Waals surface area contributed by atoms with E-state index in [1.165, 1.54) is 11.1 Å². The van der Waals surface area contributed by atoms with Crippen molar-refractivity contribution in [2.45, 2.75) is 24.2 Å². The van der Waals surface area contributed by atoms with E-state index in [0.29, 0.717) is 0 Å². The predicted molar refractivity (Wildman–Crippen MR) is 56.0 cm³/mol. The van der Waals surface area contributed by atoms with Crippen molar-refractivity contribution < 1.29 is 0 Å². The zero-order valence-corrected chi connectivity index (χ0v) is 9.21. The molecule has 0 radical (unpaired) electrons. The van der Waals surface area contributed by atoms with Gasteiger partial charge in [0.1, 0.15) is 0 Å². The van der Waals surface area contributed by atoms with Crippen LogP contribution in [-0.2, 0) is 3.42 Å². The Morgan fingerprint density at radius 1 is 1.36 bits per heavy atom. The normalized spacial score (nSPS) is 11.6. The van der Waals surface area contributed by atoms with Crippen molar-refractivity contribution in [1.82, 2.24) is 4.98 Å². The van der Waals surface area contributed by atoms with E-state index in [1.54, 1.807) is 0 Å². The summed E-state index contributed by atoms with van der Waals surface area (Å²) in [6, 6.07) is 2.18. The highest BCUT2D eigenvalue weighted by atomic mass is 127. The number of pyridine rings is 1. The number of nitrogens with zero attached hydrogens (tertiary/aromatic N) is 1. The van der Waals surface area contributed by atoms with Crippen LogP contribution in [-0.4, -0.2) is 4.98 Å². The number of halogens is 1. The first-order valence-electron chi connectivity index (χ1n) is 3.61. The van der Waals surface area contributed by atoms with Gasteiger partial charge in [0, 0.05) is 15.8 Å². The van der Waals surface area contributed by atoms with Crippen molar-refractivity contribution in [2.24, 2.45) is 0 Å². The summed E-state index contributed by atoms with van der Waals surface area (Å²) >= 11 is 2.42. The standard InChI is InChI=1S/C9H12IN/c1-7-4-8(6-11-5-7)9(2,3)10/h4-6H,1-3H3. The molecule has 11 heavy (non-hydrogen) atoms. The van der Waals surface area contributed by atoms with E-state index in [-0.39, 0.29) is 3.42 Å². The van der Waals surface area contributed by atoms with Crippen molar-refractivity contribution in [3.05, 3.63) is 29.6 Å². The highest BCUT2D eigenvalue weighted by Gasteiger charge is 2.15. The Bertz CT molecular complexity index is 250. The van der Waals surface area contributed by atoms with Crippen LogP contribution in [0.4, 0.5) is 0 Å². The summed E-state index contributed by atoms with van der Waals surface area (Å²) in [5.41, 5.74) is 2.52. The van der Waals surface area contributed by atoms with Gasteiger partial charge in [-0.3, -0.25) is 4.98 Å². The van der Waals surface area contributed by atoms with Crippen molar-refractivity contribution in [3.63, 3.8) is 0 Å². The Morgan fingerprint density at radius 3 is 2.36 bits per heavy atom. The Kier molecular flexibility index (Phi) is 2.52. The van der Waals surface area contributed by atoms with Gasteiger partial charge in [-0.2, -0.15) is 0 Å². The van der Waals surface area contributed by atoms with Crippen molar-refractivity contribution in [3.8, 4) is 0 Å². The SMILES string of the molecule is Cc1cncc(C(C)(C)I)c1. The zero-order valence-electron chi connectivity index (χ0n) is 7.06. The first-order chi connectivity index (χ1) is 5.00. The summed E-state index contributed by atoms with van der Waals surface area (Å²) in [6.07, 6.45) is 3.81. The maximum atomic E-state index is 4.15. The van der Waals surface area contributed by atoms with Gasteiger partial charge in [0.2, 0.25) is 0 Å². The van der Waals surface area contributed by atoms with E-state index < -0.39 is 0 Å². The lowest BCUT2D eigenvalue weighted by molar-refractivity contribution is 0.817. The van der Waals surface area contributed by atoms with Crippen LogP contribution in [0.5, 0.6) is 0 Å². The summed E-state index contributed by atoms with van der Waals surface area (Å²) in [7, 11) is 0. The topological polar surface area (TPSA) is 12.9 Å². The van der Waals surface area contributed by atoms with Crippen LogP contribution in [0.15, 0.2) is 18.5 Å². The van der Waals surface area contributed by atoms with Crippen LogP contribution < -0.4 is 0 Å². The molecule has 0 spiro atoms. The lowest BCUT2D eigenvalue weighted by atomic mass is 10.0. The molecular weight excluding hydrogens is 249 g/mol. The molecule has 1 rings (SSSR count). The van der Waals surface area contributed by atoms with Gasteiger partial charge in [0.05, 0.1) is 0 Å². The highest BCUT2D eigenvalue weighted by molar-refractivity contribution is 14.1. The molecule has 1 nitrogen and oxygen atoms in total. The molecule has 0 amide bonds. The Morgan fingerprint density at radius 2 is 2.00 bits per heavy atom. The number of rotatable bonds is 1. The van der Waals surface area contributed by atoms with Gasteiger partial charge >= 0.3 is 0 Å². The molecule has 1 aromatic heterocycles. The van der Waals surface area contributed by atoms with Crippen molar-refractivity contribution in [1.29, 1.82) is 0 Å². The molecule has 1 aromatic rings. The van der Waals surface area contributed by atoms with Gasteiger partial charge in [-0.25, -0.2) is 0 Å². The fourth-order valence-electron chi connectivity index (χ4n) is 0.880. The molecule has 0 unspecified atom stereocenters. The zero-order chi connectivity index (χ0) is 8.48. The molecule has 0 aromatic carbocycles. The molecule has 0 fully saturated rings. The van der Waals surface area contributed by atoms with Crippen LogP contribution in [0.3, 0.4) is 0 Å². The first-order valence-corrected chi connectivity index (χ1v) is 4.69. The van der Waals surface area contributed by atoms with Crippen LogP contribution in [0, 0.1) is 6.92 Å². The lowest BCUT2D eigenvalue weighted by Gasteiger charge is -2.16. The van der Waals surface area contributed by atoms with Crippen molar-refractivity contribution in [2.75, 3.05) is 0 Å². The molecule has 0 aliphatic carbocycles. The van der Waals surface area contributed by atoms with Crippen LogP contribution >= 0.6 is 22.6 Å². The molecule has 0 atom stereocenters. The van der Waals surface area contributed by atoms with Gasteiger partial charge in [-0.15, -0.1) is 0 Å². The van der Waals surface area contributed by atoms with Gasteiger partial charge in [-0.1, -0.05) is 28.7 Å². The average molecular weight is 261 g/mol. The molecule has 0 aliphatic heterocycles. The molecule has 1 heterocycles. The molecule has 0 N–H and O–H groups in total. The highest BCUT2D eigenvalue weighted by Crippen LogP contribution is 2.29. The predicted octanol–water partition coefficient (Wildman–Crippen LogP) is 3.06. The summed E-state index contributed by atoms with van der Waals surface area (Å²) in [6.45, 7) is 6.44. The monoisotopic (exact) mass is 261 g/mol. The van der Waals surface area contributed by atoms with Gasteiger partial charge in [-0.05, 0) is 31.9 Å². The largest absolute Gasteiger partial charge is 0.264 e. The minimum Gasteiger partial charge on any atom is -0.264 e. The molecule has 0 aliphatic rings. The average Bonchev–Trinajstić information content (AvgIpc) is 1.86. The molecule has 60 valence electrons. The smallest absolute Gasteiger partial charge is 0.0429 e. The van der Waals surface area contributed by atoms with E-state index in [2.05, 4.69) is 54.4 Å². The van der Waals surface area contributed by atoms with E-state index in [4.69, 9.17) is 0 Å². The Labute approximate surface area is 81.4 Å². The van der Waals surface area contributed by atoms with Crippen LogP contribution in [0.2, 0.25) is 0 Å². The number of hydrogen-bond acceptors (Lipinski definition) is 1. The molecule has 0 bridgehead atoms. The van der Waals surface area contributed by atoms with Gasteiger partial charge in [0.25, 0.3) is 0 Å². The second-order valence-electron chi connectivity index (χ2n) is 3.22. The van der Waals surface area contributed by atoms with E-state index in [1.807, 2.05) is 12.4 Å². The maximum absolute atomic E-state index is 4.15. The van der Waals surface area contributed by atoms with Crippen molar-refractivity contribution >= 4 is 22.6 Å². The third-order valence-electron chi connectivity index (χ3n) is 1.56. The number of hydrogen-bond donors (Lipinski definition) is 0.